The van der Waals surface area contributed by atoms with E-state index in [-0.39, 0.29) is 17.4 Å². The lowest BCUT2D eigenvalue weighted by Crippen LogP contribution is -2.14. The first-order valence-corrected chi connectivity index (χ1v) is 11.0. The highest BCUT2D eigenvalue weighted by molar-refractivity contribution is 7.17. The van der Waals surface area contributed by atoms with E-state index in [9.17, 15) is 9.18 Å². The molecule has 5 rings (SSSR count). The first-order chi connectivity index (χ1) is 15.5. The fourth-order valence-electron chi connectivity index (χ4n) is 3.60. The molecule has 4 nitrogen and oxygen atoms in total. The monoisotopic (exact) mass is 462 g/mol. The van der Waals surface area contributed by atoms with Crippen LogP contribution in [0.15, 0.2) is 72.1 Å². The van der Waals surface area contributed by atoms with E-state index in [1.807, 2.05) is 11.4 Å². The Morgan fingerprint density at radius 1 is 1.03 bits per heavy atom. The summed E-state index contributed by atoms with van der Waals surface area (Å²) in [4.78, 5) is 17.7. The third kappa shape index (κ3) is 3.79. The van der Waals surface area contributed by atoms with E-state index in [2.05, 4.69) is 10.3 Å². The van der Waals surface area contributed by atoms with Crippen LogP contribution in [0.5, 0.6) is 5.75 Å². The van der Waals surface area contributed by atoms with Gasteiger partial charge >= 0.3 is 0 Å². The van der Waals surface area contributed by atoms with Crippen molar-refractivity contribution in [1.29, 1.82) is 0 Å². The Balaban J connectivity index is 1.64. The second-order valence-electron chi connectivity index (χ2n) is 7.19. The lowest BCUT2D eigenvalue weighted by atomic mass is 10.0. The first-order valence-electron chi connectivity index (χ1n) is 9.74. The highest BCUT2D eigenvalue weighted by atomic mass is 35.5. The minimum Gasteiger partial charge on any atom is -0.497 e. The lowest BCUT2D eigenvalue weighted by molar-refractivity contribution is 0.102. The van der Waals surface area contributed by atoms with Crippen LogP contribution in [0.25, 0.3) is 32.1 Å². The van der Waals surface area contributed by atoms with Gasteiger partial charge in [0.15, 0.2) is 0 Å². The van der Waals surface area contributed by atoms with Gasteiger partial charge in [-0.15, -0.1) is 11.3 Å². The van der Waals surface area contributed by atoms with Gasteiger partial charge in [0.2, 0.25) is 0 Å². The molecule has 3 aromatic carbocycles. The zero-order valence-corrected chi connectivity index (χ0v) is 18.4. The van der Waals surface area contributed by atoms with Gasteiger partial charge in [-0.05, 0) is 66.0 Å². The third-order valence-corrected chi connectivity index (χ3v) is 6.36. The summed E-state index contributed by atoms with van der Waals surface area (Å²) in [6.45, 7) is 0. The molecular weight excluding hydrogens is 447 g/mol. The van der Waals surface area contributed by atoms with Crippen LogP contribution in [0.2, 0.25) is 5.02 Å². The van der Waals surface area contributed by atoms with E-state index in [0.717, 1.165) is 26.4 Å². The summed E-state index contributed by atoms with van der Waals surface area (Å²) in [6, 6.07) is 18.9. The van der Waals surface area contributed by atoms with Crippen molar-refractivity contribution in [1.82, 2.24) is 4.98 Å². The molecule has 0 saturated carbocycles. The fourth-order valence-corrected chi connectivity index (χ4v) is 4.71. The Morgan fingerprint density at radius 2 is 1.84 bits per heavy atom. The number of hydrogen-bond acceptors (Lipinski definition) is 4. The molecule has 7 heteroatoms. The second-order valence-corrected chi connectivity index (χ2v) is 8.54. The quantitative estimate of drug-likeness (QED) is 0.308. The molecule has 32 heavy (non-hydrogen) atoms. The van der Waals surface area contributed by atoms with Gasteiger partial charge in [-0.2, -0.15) is 0 Å². The number of anilines is 1. The Labute approximate surface area is 192 Å². The van der Waals surface area contributed by atoms with Crippen LogP contribution < -0.4 is 10.1 Å². The van der Waals surface area contributed by atoms with Gasteiger partial charge in [0.1, 0.15) is 17.3 Å². The summed E-state index contributed by atoms with van der Waals surface area (Å²) in [5.41, 5.74) is 2.24. The molecule has 0 fully saturated rings. The average Bonchev–Trinajstić information content (AvgIpc) is 3.21. The van der Waals surface area contributed by atoms with Crippen molar-refractivity contribution >= 4 is 55.4 Å². The molecule has 0 radical (unpaired) electrons. The van der Waals surface area contributed by atoms with Crippen LogP contribution in [-0.2, 0) is 0 Å². The molecule has 0 spiro atoms. The van der Waals surface area contributed by atoms with Gasteiger partial charge in [-0.1, -0.05) is 17.7 Å². The number of nitrogens with zero attached hydrogens (tertiary/aromatic N) is 1. The van der Waals surface area contributed by atoms with Crippen molar-refractivity contribution in [2.24, 2.45) is 0 Å². The van der Waals surface area contributed by atoms with Crippen LogP contribution in [0.3, 0.4) is 0 Å². The van der Waals surface area contributed by atoms with Crippen LogP contribution in [0, 0.1) is 5.82 Å². The lowest BCUT2D eigenvalue weighted by Gasteiger charge is -2.11. The summed E-state index contributed by atoms with van der Waals surface area (Å²) < 4.78 is 20.1. The van der Waals surface area contributed by atoms with E-state index < -0.39 is 0 Å². The van der Waals surface area contributed by atoms with Gasteiger partial charge in [0.25, 0.3) is 5.91 Å². The van der Waals surface area contributed by atoms with Gasteiger partial charge < -0.3 is 10.1 Å². The van der Waals surface area contributed by atoms with Crippen molar-refractivity contribution < 1.29 is 13.9 Å². The SMILES string of the molecule is COc1ccc(NC(=O)c2cc3cc(Cl)ccc3c(-c3csc4ccc(F)cc34)n2)cc1. The number of ether oxygens (including phenoxy) is 1. The Hall–Kier alpha value is -3.48. The molecule has 1 amide bonds. The van der Waals surface area contributed by atoms with E-state index in [0.29, 0.717) is 22.2 Å². The maximum absolute atomic E-state index is 14.0. The molecule has 0 aliphatic heterocycles. The number of carbonyl (C=O) groups excluding carboxylic acids is 1. The van der Waals surface area contributed by atoms with E-state index in [1.165, 1.54) is 23.5 Å². The molecule has 0 bridgehead atoms. The van der Waals surface area contributed by atoms with Gasteiger partial charge in [0, 0.05) is 37.1 Å². The number of hydrogen-bond donors (Lipinski definition) is 1. The summed E-state index contributed by atoms with van der Waals surface area (Å²) in [5, 5.41) is 7.71. The number of carbonyl (C=O) groups is 1. The average molecular weight is 463 g/mol. The molecule has 0 unspecified atom stereocenters. The largest absolute Gasteiger partial charge is 0.497 e. The number of thiophene rings is 1. The minimum atomic E-state index is -0.357. The highest BCUT2D eigenvalue weighted by Gasteiger charge is 2.17. The van der Waals surface area contributed by atoms with E-state index >= 15 is 0 Å². The molecule has 2 heterocycles. The predicted molar refractivity (Wildman–Crippen MR) is 128 cm³/mol. The molecular formula is C25H16ClFN2O2S. The van der Waals surface area contributed by atoms with Crippen molar-refractivity contribution in [3.63, 3.8) is 0 Å². The number of fused-ring (bicyclic) bond motifs is 2. The van der Waals surface area contributed by atoms with E-state index in [1.54, 1.807) is 55.6 Å². The number of halogens is 2. The first kappa shape index (κ1) is 20.4. The Kier molecular flexibility index (Phi) is 5.25. The minimum absolute atomic E-state index is 0.237. The zero-order chi connectivity index (χ0) is 22.2. The molecule has 0 saturated heterocycles. The van der Waals surface area contributed by atoms with Crippen LogP contribution in [-0.4, -0.2) is 18.0 Å². The van der Waals surface area contributed by atoms with Crippen LogP contribution in [0.1, 0.15) is 10.5 Å². The van der Waals surface area contributed by atoms with Gasteiger partial charge in [-0.3, -0.25) is 4.79 Å². The number of methoxy groups -OCH3 is 1. The van der Waals surface area contributed by atoms with Crippen molar-refractivity contribution in [3.05, 3.63) is 88.6 Å². The van der Waals surface area contributed by atoms with Crippen LogP contribution in [0.4, 0.5) is 10.1 Å². The van der Waals surface area contributed by atoms with Crippen molar-refractivity contribution in [3.8, 4) is 17.0 Å². The maximum atomic E-state index is 14.0. The topological polar surface area (TPSA) is 51.2 Å². The third-order valence-electron chi connectivity index (χ3n) is 5.16. The summed E-state index contributed by atoms with van der Waals surface area (Å²) >= 11 is 7.73. The van der Waals surface area contributed by atoms with Gasteiger partial charge in [0.05, 0.1) is 12.8 Å². The molecule has 1 N–H and O–H groups in total. The summed E-state index contributed by atoms with van der Waals surface area (Å²) in [6.07, 6.45) is 0. The smallest absolute Gasteiger partial charge is 0.274 e. The summed E-state index contributed by atoms with van der Waals surface area (Å²) in [7, 11) is 1.58. The van der Waals surface area contributed by atoms with Crippen LogP contribution >= 0.6 is 22.9 Å². The highest BCUT2D eigenvalue weighted by Crippen LogP contribution is 2.37. The van der Waals surface area contributed by atoms with Crippen molar-refractivity contribution in [2.45, 2.75) is 0 Å². The maximum Gasteiger partial charge on any atom is 0.274 e. The number of rotatable bonds is 4. The molecule has 0 atom stereocenters. The zero-order valence-electron chi connectivity index (χ0n) is 16.9. The number of aromatic nitrogens is 1. The normalized spacial score (nSPS) is 11.1. The molecule has 0 aliphatic rings. The number of pyridine rings is 1. The standard InChI is InChI=1S/C25H16ClFN2O2S/c1-31-18-6-4-17(5-7-18)28-25(30)22-11-14-10-15(26)2-8-19(14)24(29-22)21-13-32-23-9-3-16(27)12-20(21)23/h2-13H,1H3,(H,28,30). The predicted octanol–water partition coefficient (Wildman–Crippen LogP) is 7.17. The summed E-state index contributed by atoms with van der Waals surface area (Å²) in [5.74, 6) is 0.0160. The second kappa shape index (κ2) is 8.22. The fraction of sp³-hybridized carbons (Fsp3) is 0.0400. The number of benzene rings is 3. The Bertz CT molecular complexity index is 1480. The van der Waals surface area contributed by atoms with Crippen molar-refractivity contribution in [2.75, 3.05) is 12.4 Å². The van der Waals surface area contributed by atoms with E-state index in [4.69, 9.17) is 16.3 Å². The number of amides is 1. The molecule has 0 aliphatic carbocycles. The van der Waals surface area contributed by atoms with Gasteiger partial charge in [-0.25, -0.2) is 9.37 Å². The molecule has 5 aromatic rings. The molecule has 2 aromatic heterocycles. The number of nitrogens with one attached hydrogen (secondary N) is 1. The molecule has 158 valence electrons. The Morgan fingerprint density at radius 3 is 2.62 bits per heavy atom.